The minimum absolute atomic E-state index is 0.0857. The monoisotopic (exact) mass is 462 g/mol. The lowest BCUT2D eigenvalue weighted by molar-refractivity contribution is -0.162. The maximum Gasteiger partial charge on any atom is 0.338 e. The summed E-state index contributed by atoms with van der Waals surface area (Å²) in [6.45, 7) is 9.07. The van der Waals surface area contributed by atoms with E-state index in [4.69, 9.17) is 19.5 Å². The molecule has 0 aromatic rings. The number of carbonyl (C=O) groups is 4. The lowest BCUT2D eigenvalue weighted by Crippen LogP contribution is -2.31. The second-order valence-corrected chi connectivity index (χ2v) is 8.01. The van der Waals surface area contributed by atoms with Crippen LogP contribution in [0.2, 0.25) is 0 Å². The summed E-state index contributed by atoms with van der Waals surface area (Å²) in [6, 6.07) is 1.76. The highest BCUT2D eigenvalue weighted by molar-refractivity contribution is 5.93. The van der Waals surface area contributed by atoms with Crippen LogP contribution in [-0.2, 0) is 33.4 Å². The van der Waals surface area contributed by atoms with Crippen molar-refractivity contribution in [3.05, 3.63) is 24.3 Å². The van der Waals surface area contributed by atoms with Crippen LogP contribution in [0.25, 0.3) is 0 Å². The number of nitriles is 1. The molecule has 1 N–H and O–H groups in total. The van der Waals surface area contributed by atoms with E-state index in [1.807, 2.05) is 13.0 Å². The van der Waals surface area contributed by atoms with Gasteiger partial charge in [0.2, 0.25) is 5.91 Å². The van der Waals surface area contributed by atoms with Gasteiger partial charge in [0.15, 0.2) is 0 Å². The summed E-state index contributed by atoms with van der Waals surface area (Å²) in [7, 11) is 0. The van der Waals surface area contributed by atoms with Gasteiger partial charge in [0.25, 0.3) is 0 Å². The Morgan fingerprint density at radius 2 is 1.97 bits per heavy atom. The first-order valence-electron chi connectivity index (χ1n) is 11.3. The van der Waals surface area contributed by atoms with Gasteiger partial charge in [-0.05, 0) is 32.6 Å². The molecule has 0 bridgehead atoms. The summed E-state index contributed by atoms with van der Waals surface area (Å²) < 4.78 is 16.2. The van der Waals surface area contributed by atoms with Gasteiger partial charge in [-0.3, -0.25) is 9.59 Å². The lowest BCUT2D eigenvalue weighted by atomic mass is 9.95. The number of nitrogens with zero attached hydrogens (tertiary/aromatic N) is 1. The molecule has 0 aromatic carbocycles. The Labute approximate surface area is 195 Å². The van der Waals surface area contributed by atoms with Crippen molar-refractivity contribution < 1.29 is 33.4 Å². The fourth-order valence-electron chi connectivity index (χ4n) is 3.30. The highest BCUT2D eigenvalue weighted by Crippen LogP contribution is 2.22. The molecule has 9 nitrogen and oxygen atoms in total. The van der Waals surface area contributed by atoms with Gasteiger partial charge in [0, 0.05) is 30.5 Å². The standard InChI is InChI=1S/C24H34N2O7/c1-5-17(24(30)33-22(28)11-9-18-8-10-21(27)26-18)14-20(32-23(29)16(3)4)15-19(6-2)31-13-7-12-25/h9,11,17-20H,3,5-8,10,13-15H2,1-2,4H3,(H,26,27)/b11-9+. The van der Waals surface area contributed by atoms with Gasteiger partial charge in [-0.25, -0.2) is 9.59 Å². The third-order valence-electron chi connectivity index (χ3n) is 5.24. The minimum atomic E-state index is -0.818. The fraction of sp³-hybridized carbons (Fsp3) is 0.625. The average molecular weight is 463 g/mol. The molecule has 4 atom stereocenters. The van der Waals surface area contributed by atoms with Gasteiger partial charge in [0.05, 0.1) is 31.1 Å². The molecule has 1 aliphatic rings. The molecule has 0 saturated carbocycles. The van der Waals surface area contributed by atoms with Crippen molar-refractivity contribution in [3.63, 3.8) is 0 Å². The number of amides is 1. The lowest BCUT2D eigenvalue weighted by Gasteiger charge is -2.25. The van der Waals surface area contributed by atoms with Crippen LogP contribution in [0.1, 0.15) is 65.7 Å². The summed E-state index contributed by atoms with van der Waals surface area (Å²) in [5.41, 5.74) is 0.230. The van der Waals surface area contributed by atoms with Crippen molar-refractivity contribution in [2.75, 3.05) is 6.61 Å². The second kappa shape index (κ2) is 15.0. The van der Waals surface area contributed by atoms with E-state index in [9.17, 15) is 19.2 Å². The Hall–Kier alpha value is -2.99. The summed E-state index contributed by atoms with van der Waals surface area (Å²) in [4.78, 5) is 48.0. The maximum atomic E-state index is 12.6. The van der Waals surface area contributed by atoms with E-state index in [0.717, 1.165) is 6.08 Å². The van der Waals surface area contributed by atoms with Crippen LogP contribution in [0, 0.1) is 17.2 Å². The first kappa shape index (κ1) is 28.0. The van der Waals surface area contributed by atoms with E-state index in [2.05, 4.69) is 11.9 Å². The minimum Gasteiger partial charge on any atom is -0.459 e. The van der Waals surface area contributed by atoms with Gasteiger partial charge in [-0.15, -0.1) is 0 Å². The third kappa shape index (κ3) is 10.9. The van der Waals surface area contributed by atoms with E-state index in [1.54, 1.807) is 6.92 Å². The van der Waals surface area contributed by atoms with Gasteiger partial charge in [0.1, 0.15) is 6.10 Å². The van der Waals surface area contributed by atoms with E-state index in [0.29, 0.717) is 32.1 Å². The average Bonchev–Trinajstić information content (AvgIpc) is 3.19. The first-order chi connectivity index (χ1) is 15.7. The molecule has 0 aliphatic carbocycles. The molecular formula is C24H34N2O7. The Morgan fingerprint density at radius 1 is 1.24 bits per heavy atom. The molecule has 4 unspecified atom stereocenters. The Morgan fingerprint density at radius 3 is 2.52 bits per heavy atom. The van der Waals surface area contributed by atoms with Crippen LogP contribution in [-0.4, -0.2) is 48.7 Å². The molecule has 1 rings (SSSR count). The van der Waals surface area contributed by atoms with E-state index in [1.165, 1.54) is 13.0 Å². The molecule has 1 fully saturated rings. The number of hydrogen-bond donors (Lipinski definition) is 1. The van der Waals surface area contributed by atoms with Crippen molar-refractivity contribution in [1.29, 1.82) is 5.26 Å². The number of rotatable bonds is 14. The van der Waals surface area contributed by atoms with Crippen molar-refractivity contribution >= 4 is 23.8 Å². The quantitative estimate of drug-likeness (QED) is 0.180. The molecule has 182 valence electrons. The van der Waals surface area contributed by atoms with Gasteiger partial charge < -0.3 is 19.5 Å². The van der Waals surface area contributed by atoms with Crippen LogP contribution in [0.15, 0.2) is 24.3 Å². The summed E-state index contributed by atoms with van der Waals surface area (Å²) in [5, 5.41) is 11.4. The molecular weight excluding hydrogens is 428 g/mol. The zero-order chi connectivity index (χ0) is 24.8. The van der Waals surface area contributed by atoms with Crippen LogP contribution in [0.3, 0.4) is 0 Å². The van der Waals surface area contributed by atoms with E-state index >= 15 is 0 Å². The van der Waals surface area contributed by atoms with Gasteiger partial charge >= 0.3 is 17.9 Å². The summed E-state index contributed by atoms with van der Waals surface area (Å²) in [5.74, 6) is -2.86. The molecule has 33 heavy (non-hydrogen) atoms. The SMILES string of the molecule is C=C(C)C(=O)OC(CC(CC)OCCC#N)CC(CC)C(=O)OC(=O)/C=C/C1CCC(=O)N1. The topological polar surface area (TPSA) is 132 Å². The predicted molar refractivity (Wildman–Crippen MR) is 119 cm³/mol. The molecule has 1 heterocycles. The zero-order valence-electron chi connectivity index (χ0n) is 19.6. The molecule has 1 aliphatic heterocycles. The zero-order valence-corrected chi connectivity index (χ0v) is 19.6. The smallest absolute Gasteiger partial charge is 0.338 e. The number of hydrogen-bond acceptors (Lipinski definition) is 8. The van der Waals surface area contributed by atoms with Crippen LogP contribution in [0.5, 0.6) is 0 Å². The Kier molecular flexibility index (Phi) is 12.7. The maximum absolute atomic E-state index is 12.6. The van der Waals surface area contributed by atoms with Crippen LogP contribution >= 0.6 is 0 Å². The highest BCUT2D eigenvalue weighted by Gasteiger charge is 2.29. The molecule has 1 saturated heterocycles. The largest absolute Gasteiger partial charge is 0.459 e. The Balaban J connectivity index is 2.76. The van der Waals surface area contributed by atoms with Gasteiger partial charge in [-0.1, -0.05) is 26.5 Å². The van der Waals surface area contributed by atoms with E-state index < -0.39 is 29.9 Å². The highest BCUT2D eigenvalue weighted by atomic mass is 16.6. The normalized spacial score (nSPS) is 18.1. The second-order valence-electron chi connectivity index (χ2n) is 8.01. The number of ether oxygens (including phenoxy) is 3. The number of esters is 3. The predicted octanol–water partition coefficient (Wildman–Crippen LogP) is 2.89. The first-order valence-corrected chi connectivity index (χ1v) is 11.3. The molecule has 1 amide bonds. The number of nitrogens with one attached hydrogen (secondary N) is 1. The van der Waals surface area contributed by atoms with Crippen molar-refractivity contribution in [1.82, 2.24) is 5.32 Å². The van der Waals surface area contributed by atoms with Gasteiger partial charge in [-0.2, -0.15) is 5.26 Å². The summed E-state index contributed by atoms with van der Waals surface area (Å²) in [6.07, 6.45) is 4.44. The van der Waals surface area contributed by atoms with Crippen molar-refractivity contribution in [3.8, 4) is 6.07 Å². The van der Waals surface area contributed by atoms with Crippen molar-refractivity contribution in [2.45, 2.75) is 84.0 Å². The third-order valence-corrected chi connectivity index (χ3v) is 5.24. The fourth-order valence-corrected chi connectivity index (χ4v) is 3.30. The Bertz CT molecular complexity index is 784. The molecule has 0 radical (unpaired) electrons. The molecule has 9 heteroatoms. The summed E-state index contributed by atoms with van der Waals surface area (Å²) >= 11 is 0. The molecule has 0 spiro atoms. The number of carbonyl (C=O) groups excluding carboxylic acids is 4. The van der Waals surface area contributed by atoms with Crippen LogP contribution in [0.4, 0.5) is 0 Å². The van der Waals surface area contributed by atoms with E-state index in [-0.39, 0.29) is 43.1 Å². The van der Waals surface area contributed by atoms with Crippen LogP contribution < -0.4 is 5.32 Å². The molecule has 0 aromatic heterocycles. The van der Waals surface area contributed by atoms with Crippen molar-refractivity contribution in [2.24, 2.45) is 5.92 Å².